The predicted octanol–water partition coefficient (Wildman–Crippen LogP) is 2.11. The van der Waals surface area contributed by atoms with Gasteiger partial charge in [-0.3, -0.25) is 9.59 Å². The number of fused-ring (bicyclic) bond motifs is 5. The largest absolute Gasteiger partial charge is 0.393 e. The van der Waals surface area contributed by atoms with Crippen LogP contribution in [0.1, 0.15) is 58.8 Å². The quantitative estimate of drug-likeness (QED) is 0.670. The highest BCUT2D eigenvalue weighted by atomic mass is 16.3. The third kappa shape index (κ3) is 1.97. The Morgan fingerprint density at radius 3 is 2.35 bits per heavy atom. The maximum atomic E-state index is 12.1. The minimum absolute atomic E-state index is 0.0292. The normalized spacial score (nSPS) is 56.0. The molecule has 0 bridgehead atoms. The molecule has 23 heavy (non-hydrogen) atoms. The summed E-state index contributed by atoms with van der Waals surface area (Å²) < 4.78 is 0. The van der Waals surface area contributed by atoms with Gasteiger partial charge >= 0.3 is 0 Å². The first-order chi connectivity index (χ1) is 10.8. The molecule has 4 aliphatic rings. The number of aliphatic hydroxyl groups is 2. The maximum Gasteiger partial charge on any atom is 0.198 e. The van der Waals surface area contributed by atoms with Gasteiger partial charge < -0.3 is 10.2 Å². The van der Waals surface area contributed by atoms with Crippen molar-refractivity contribution in [2.45, 2.75) is 71.0 Å². The molecule has 4 fully saturated rings. The fourth-order valence-corrected chi connectivity index (χ4v) is 6.95. The molecule has 0 aliphatic heterocycles. The van der Waals surface area contributed by atoms with Gasteiger partial charge in [-0.1, -0.05) is 13.8 Å². The van der Waals surface area contributed by atoms with Crippen LogP contribution in [-0.4, -0.2) is 34.0 Å². The van der Waals surface area contributed by atoms with E-state index in [-0.39, 0.29) is 40.8 Å². The molecule has 0 aromatic heterocycles. The van der Waals surface area contributed by atoms with Gasteiger partial charge in [0.15, 0.2) is 11.6 Å². The second kappa shape index (κ2) is 4.89. The topological polar surface area (TPSA) is 74.6 Å². The van der Waals surface area contributed by atoms with Gasteiger partial charge in [0, 0.05) is 12.8 Å². The maximum absolute atomic E-state index is 12.1. The lowest BCUT2D eigenvalue weighted by atomic mass is 9.44. The summed E-state index contributed by atoms with van der Waals surface area (Å²) in [5, 5.41) is 21.2. The van der Waals surface area contributed by atoms with E-state index in [0.717, 1.165) is 32.1 Å². The molecule has 0 amide bonds. The van der Waals surface area contributed by atoms with Gasteiger partial charge in [-0.15, -0.1) is 0 Å². The summed E-state index contributed by atoms with van der Waals surface area (Å²) in [7, 11) is 0. The Bertz CT molecular complexity index is 558. The molecule has 128 valence electrons. The Morgan fingerprint density at radius 2 is 1.61 bits per heavy atom. The van der Waals surface area contributed by atoms with Crippen LogP contribution in [0.5, 0.6) is 0 Å². The number of rotatable bonds is 0. The molecule has 0 aromatic rings. The molecule has 0 radical (unpaired) electrons. The first kappa shape index (κ1) is 15.8. The van der Waals surface area contributed by atoms with Crippen LogP contribution in [0.2, 0.25) is 0 Å². The van der Waals surface area contributed by atoms with E-state index in [1.807, 2.05) is 0 Å². The zero-order valence-electron chi connectivity index (χ0n) is 14.1. The van der Waals surface area contributed by atoms with Gasteiger partial charge in [0.25, 0.3) is 0 Å². The van der Waals surface area contributed by atoms with Crippen LogP contribution in [0.15, 0.2) is 0 Å². The average Bonchev–Trinajstić information content (AvgIpc) is 2.78. The molecule has 1 unspecified atom stereocenters. The molecule has 4 heteroatoms. The molecule has 0 aromatic carbocycles. The van der Waals surface area contributed by atoms with Gasteiger partial charge in [-0.25, -0.2) is 0 Å². The van der Waals surface area contributed by atoms with Gasteiger partial charge in [-0.05, 0) is 66.6 Å². The molecule has 4 nitrogen and oxygen atoms in total. The van der Waals surface area contributed by atoms with Crippen LogP contribution in [0, 0.1) is 34.5 Å². The van der Waals surface area contributed by atoms with E-state index in [1.54, 1.807) is 0 Å². The standard InChI is InChI=1S/C19H28O4/c1-18-6-5-12-10(11(18)3-4-17(18)23)7-14(20)13-8-15(21)16(22)9-19(12,13)2/h10-14,17,20,23H,3-9H2,1-2H3/t10-,11-,12-,13?,14+,17-,18-,19+/m0/s1. The van der Waals surface area contributed by atoms with Crippen molar-refractivity contribution < 1.29 is 19.8 Å². The lowest BCUT2D eigenvalue weighted by Crippen LogP contribution is -2.59. The van der Waals surface area contributed by atoms with Crippen LogP contribution in [0.4, 0.5) is 0 Å². The van der Waals surface area contributed by atoms with Gasteiger partial charge in [0.2, 0.25) is 0 Å². The molecule has 0 saturated heterocycles. The number of carbonyl (C=O) groups excluding carboxylic acids is 2. The van der Waals surface area contributed by atoms with Crippen molar-refractivity contribution in [2.75, 3.05) is 0 Å². The Hall–Kier alpha value is -0.740. The molecular weight excluding hydrogens is 292 g/mol. The summed E-state index contributed by atoms with van der Waals surface area (Å²) in [6, 6.07) is 0. The molecule has 0 heterocycles. The highest BCUT2D eigenvalue weighted by Gasteiger charge is 2.62. The van der Waals surface area contributed by atoms with Crippen molar-refractivity contribution in [1.29, 1.82) is 0 Å². The van der Waals surface area contributed by atoms with E-state index >= 15 is 0 Å². The number of hydrogen-bond acceptors (Lipinski definition) is 4. The molecule has 4 rings (SSSR count). The van der Waals surface area contributed by atoms with E-state index in [4.69, 9.17) is 0 Å². The lowest BCUT2D eigenvalue weighted by molar-refractivity contribution is -0.173. The first-order valence-electron chi connectivity index (χ1n) is 9.19. The van der Waals surface area contributed by atoms with E-state index in [9.17, 15) is 19.8 Å². The van der Waals surface area contributed by atoms with Crippen molar-refractivity contribution >= 4 is 11.6 Å². The number of carbonyl (C=O) groups is 2. The summed E-state index contributed by atoms with van der Waals surface area (Å²) >= 11 is 0. The minimum atomic E-state index is -0.488. The molecule has 4 saturated carbocycles. The molecule has 0 spiro atoms. The number of aliphatic hydroxyl groups excluding tert-OH is 2. The molecule has 2 N–H and O–H groups in total. The van der Waals surface area contributed by atoms with Crippen molar-refractivity contribution in [1.82, 2.24) is 0 Å². The minimum Gasteiger partial charge on any atom is -0.393 e. The first-order valence-corrected chi connectivity index (χ1v) is 9.19. The zero-order valence-corrected chi connectivity index (χ0v) is 14.1. The smallest absolute Gasteiger partial charge is 0.198 e. The molecular formula is C19H28O4. The van der Waals surface area contributed by atoms with E-state index in [1.165, 1.54) is 0 Å². The molecule has 4 aliphatic carbocycles. The lowest BCUT2D eigenvalue weighted by Gasteiger charge is -2.60. The van der Waals surface area contributed by atoms with Gasteiger partial charge in [0.05, 0.1) is 12.2 Å². The van der Waals surface area contributed by atoms with E-state index in [0.29, 0.717) is 24.2 Å². The SMILES string of the molecule is C[C@]12CC[C@H]3[C@@H](C[C@@H](O)C4CC(=O)C(=O)C[C@@]43C)[C@@H]1CC[C@@H]2O. The fourth-order valence-electron chi connectivity index (χ4n) is 6.95. The van der Waals surface area contributed by atoms with Crippen molar-refractivity contribution in [3.63, 3.8) is 0 Å². The van der Waals surface area contributed by atoms with Crippen molar-refractivity contribution in [2.24, 2.45) is 34.5 Å². The Morgan fingerprint density at radius 1 is 0.913 bits per heavy atom. The summed E-state index contributed by atoms with van der Waals surface area (Å²) in [6.07, 6.45) is 4.45. The van der Waals surface area contributed by atoms with Crippen molar-refractivity contribution in [3.05, 3.63) is 0 Å². The highest BCUT2D eigenvalue weighted by Crippen LogP contribution is 2.65. The number of ketones is 2. The third-order valence-electron chi connectivity index (χ3n) is 8.32. The zero-order chi connectivity index (χ0) is 16.6. The van der Waals surface area contributed by atoms with E-state index < -0.39 is 6.10 Å². The van der Waals surface area contributed by atoms with Crippen molar-refractivity contribution in [3.8, 4) is 0 Å². The second-order valence-corrected chi connectivity index (χ2v) is 9.16. The molecule has 8 atom stereocenters. The predicted molar refractivity (Wildman–Crippen MR) is 84.5 cm³/mol. The monoisotopic (exact) mass is 320 g/mol. The second-order valence-electron chi connectivity index (χ2n) is 9.16. The average molecular weight is 320 g/mol. The Kier molecular flexibility index (Phi) is 3.35. The Labute approximate surface area is 137 Å². The van der Waals surface area contributed by atoms with Gasteiger partial charge in [-0.2, -0.15) is 0 Å². The summed E-state index contributed by atoms with van der Waals surface area (Å²) in [5.74, 6) is 0.624. The highest BCUT2D eigenvalue weighted by molar-refractivity contribution is 6.38. The fraction of sp³-hybridized carbons (Fsp3) is 0.895. The summed E-state index contributed by atoms with van der Waals surface area (Å²) in [4.78, 5) is 24.0. The van der Waals surface area contributed by atoms with E-state index in [2.05, 4.69) is 13.8 Å². The summed E-state index contributed by atoms with van der Waals surface area (Å²) in [6.45, 7) is 4.35. The van der Waals surface area contributed by atoms with Crippen LogP contribution in [0.25, 0.3) is 0 Å². The van der Waals surface area contributed by atoms with Crippen LogP contribution in [-0.2, 0) is 9.59 Å². The number of hydrogen-bond donors (Lipinski definition) is 2. The third-order valence-corrected chi connectivity index (χ3v) is 8.32. The van der Waals surface area contributed by atoms with Crippen LogP contribution in [0.3, 0.4) is 0 Å². The van der Waals surface area contributed by atoms with Crippen LogP contribution < -0.4 is 0 Å². The van der Waals surface area contributed by atoms with Crippen LogP contribution >= 0.6 is 0 Å². The van der Waals surface area contributed by atoms with Gasteiger partial charge in [0.1, 0.15) is 0 Å². The Balaban J connectivity index is 1.70. The summed E-state index contributed by atoms with van der Waals surface area (Å²) in [5.41, 5.74) is -0.277. The number of Topliss-reactive ketones (excluding diaryl/α,β-unsaturated/α-hetero) is 2.